The summed E-state index contributed by atoms with van der Waals surface area (Å²) in [4.78, 5) is 22.5. The number of nitro groups is 1. The lowest BCUT2D eigenvalue weighted by molar-refractivity contribution is -0.384. The Labute approximate surface area is 153 Å². The van der Waals surface area contributed by atoms with Gasteiger partial charge in [-0.05, 0) is 24.3 Å². The lowest BCUT2D eigenvalue weighted by Crippen LogP contribution is -2.23. The Morgan fingerprint density at radius 3 is 2.81 bits per heavy atom. The van der Waals surface area contributed by atoms with Gasteiger partial charge in [0.25, 0.3) is 11.6 Å². The first kappa shape index (κ1) is 17.7. The molecule has 8 nitrogen and oxygen atoms in total. The molecule has 0 aliphatic heterocycles. The molecular weight excluding hydrogens is 350 g/mol. The quantitative estimate of drug-likeness (QED) is 0.308. The molecule has 134 valence electrons. The number of carbonyl (C=O) groups excluding carboxylic acids is 1. The van der Waals surface area contributed by atoms with Crippen molar-refractivity contribution in [2.24, 2.45) is 0 Å². The smallest absolute Gasteiger partial charge is 0.270 e. The molecule has 0 atom stereocenters. The van der Waals surface area contributed by atoms with E-state index in [-0.39, 0.29) is 23.6 Å². The maximum absolute atomic E-state index is 12.1. The molecule has 0 fully saturated rings. The predicted molar refractivity (Wildman–Crippen MR) is 94.9 cm³/mol. The first-order chi connectivity index (χ1) is 13.1. The minimum atomic E-state index is -0.567. The normalized spacial score (nSPS) is 11.0. The zero-order chi connectivity index (χ0) is 19.2. The molecule has 3 rings (SSSR count). The number of rotatable bonds is 6. The summed E-state index contributed by atoms with van der Waals surface area (Å²) in [5.41, 5.74) is 0.321. The van der Waals surface area contributed by atoms with Crippen LogP contribution in [0.15, 0.2) is 69.2 Å². The van der Waals surface area contributed by atoms with Crippen molar-refractivity contribution < 1.29 is 18.6 Å². The van der Waals surface area contributed by atoms with Crippen molar-refractivity contribution in [1.82, 2.24) is 5.32 Å². The highest BCUT2D eigenvalue weighted by Gasteiger charge is 2.13. The second kappa shape index (κ2) is 7.84. The second-order valence-corrected chi connectivity index (χ2v) is 5.44. The molecule has 2 aromatic heterocycles. The highest BCUT2D eigenvalue weighted by Crippen LogP contribution is 2.26. The highest BCUT2D eigenvalue weighted by molar-refractivity contribution is 6.01. The van der Waals surface area contributed by atoms with Crippen LogP contribution in [0.3, 0.4) is 0 Å². The van der Waals surface area contributed by atoms with Crippen LogP contribution < -0.4 is 5.32 Å². The lowest BCUT2D eigenvalue weighted by Gasteiger charge is -2.01. The van der Waals surface area contributed by atoms with Gasteiger partial charge in [0.05, 0.1) is 17.7 Å². The molecular formula is C19H13N3O5. The molecule has 0 aliphatic carbocycles. The molecule has 0 radical (unpaired) electrons. The summed E-state index contributed by atoms with van der Waals surface area (Å²) in [6.07, 6.45) is 2.79. The van der Waals surface area contributed by atoms with Crippen LogP contribution in [0.5, 0.6) is 0 Å². The summed E-state index contributed by atoms with van der Waals surface area (Å²) in [5, 5.41) is 22.7. The molecule has 3 aromatic rings. The van der Waals surface area contributed by atoms with Crippen molar-refractivity contribution in [3.63, 3.8) is 0 Å². The zero-order valence-electron chi connectivity index (χ0n) is 13.9. The summed E-state index contributed by atoms with van der Waals surface area (Å²) in [5.74, 6) is 0.660. The van der Waals surface area contributed by atoms with E-state index in [0.717, 1.165) is 0 Å². The number of non-ortho nitro benzene ring substituents is 1. The highest BCUT2D eigenvalue weighted by atomic mass is 16.6. The van der Waals surface area contributed by atoms with Gasteiger partial charge in [0.1, 0.15) is 28.9 Å². The van der Waals surface area contributed by atoms with Crippen LogP contribution >= 0.6 is 0 Å². The van der Waals surface area contributed by atoms with E-state index < -0.39 is 10.8 Å². The first-order valence-electron chi connectivity index (χ1n) is 7.84. The van der Waals surface area contributed by atoms with E-state index in [0.29, 0.717) is 17.1 Å². The Hall–Kier alpha value is -4.12. The van der Waals surface area contributed by atoms with Crippen LogP contribution in [0, 0.1) is 21.4 Å². The van der Waals surface area contributed by atoms with Crippen LogP contribution in [-0.4, -0.2) is 10.8 Å². The van der Waals surface area contributed by atoms with Crippen LogP contribution in [0.1, 0.15) is 11.5 Å². The number of hydrogen-bond donors (Lipinski definition) is 1. The number of nitrogens with one attached hydrogen (secondary N) is 1. The largest absolute Gasteiger partial charge is 0.467 e. The van der Waals surface area contributed by atoms with Gasteiger partial charge in [-0.25, -0.2) is 0 Å². The molecule has 0 spiro atoms. The maximum Gasteiger partial charge on any atom is 0.270 e. The van der Waals surface area contributed by atoms with Gasteiger partial charge in [-0.1, -0.05) is 12.1 Å². The number of nitriles is 1. The van der Waals surface area contributed by atoms with E-state index >= 15 is 0 Å². The molecule has 0 bridgehead atoms. The van der Waals surface area contributed by atoms with E-state index in [2.05, 4.69) is 5.32 Å². The Balaban J connectivity index is 1.76. The number of amides is 1. The third kappa shape index (κ3) is 4.29. The predicted octanol–water partition coefficient (Wildman–Crippen LogP) is 3.67. The summed E-state index contributed by atoms with van der Waals surface area (Å²) in [6, 6.07) is 14.4. The number of hydrogen-bond acceptors (Lipinski definition) is 6. The number of carbonyl (C=O) groups is 1. The van der Waals surface area contributed by atoms with Crippen molar-refractivity contribution in [1.29, 1.82) is 5.26 Å². The molecule has 1 aromatic carbocycles. The number of furan rings is 2. The van der Waals surface area contributed by atoms with Gasteiger partial charge in [-0.2, -0.15) is 5.26 Å². The maximum atomic E-state index is 12.1. The van der Waals surface area contributed by atoms with Crippen LogP contribution in [0.4, 0.5) is 5.69 Å². The minimum Gasteiger partial charge on any atom is -0.467 e. The van der Waals surface area contributed by atoms with E-state index in [1.165, 1.54) is 24.5 Å². The fourth-order valence-corrected chi connectivity index (χ4v) is 2.32. The van der Waals surface area contributed by atoms with Crippen LogP contribution in [0.25, 0.3) is 17.4 Å². The van der Waals surface area contributed by atoms with Crippen LogP contribution in [0.2, 0.25) is 0 Å². The fourth-order valence-electron chi connectivity index (χ4n) is 2.32. The average Bonchev–Trinajstić information content (AvgIpc) is 3.36. The third-order valence-electron chi connectivity index (χ3n) is 3.62. The van der Waals surface area contributed by atoms with E-state index in [9.17, 15) is 20.2 Å². The Morgan fingerprint density at radius 2 is 2.11 bits per heavy atom. The van der Waals surface area contributed by atoms with Crippen molar-refractivity contribution in [2.75, 3.05) is 0 Å². The van der Waals surface area contributed by atoms with Gasteiger partial charge < -0.3 is 14.2 Å². The number of nitro benzene ring substituents is 1. The van der Waals surface area contributed by atoms with Gasteiger partial charge in [0.15, 0.2) is 0 Å². The monoisotopic (exact) mass is 363 g/mol. The van der Waals surface area contributed by atoms with E-state index in [1.807, 2.05) is 6.07 Å². The molecule has 0 unspecified atom stereocenters. The van der Waals surface area contributed by atoms with E-state index in [4.69, 9.17) is 8.83 Å². The molecule has 8 heteroatoms. The van der Waals surface area contributed by atoms with Crippen molar-refractivity contribution in [2.45, 2.75) is 6.54 Å². The van der Waals surface area contributed by atoms with Crippen LogP contribution in [-0.2, 0) is 11.3 Å². The molecule has 0 saturated heterocycles. The zero-order valence-corrected chi connectivity index (χ0v) is 13.9. The standard InChI is InChI=1S/C19H13N3O5/c20-11-14(19(23)21-12-17-5-2-8-26-17)10-16-6-7-18(27-16)13-3-1-4-15(9-13)22(24)25/h1-10H,12H2,(H,21,23). The molecule has 2 heterocycles. The van der Waals surface area contributed by atoms with Crippen molar-refractivity contribution >= 4 is 17.7 Å². The summed E-state index contributed by atoms with van der Waals surface area (Å²) in [6.45, 7) is 0.155. The van der Waals surface area contributed by atoms with Gasteiger partial charge in [-0.15, -0.1) is 0 Å². The summed E-state index contributed by atoms with van der Waals surface area (Å²) >= 11 is 0. The fraction of sp³-hybridized carbons (Fsp3) is 0.0526. The van der Waals surface area contributed by atoms with Gasteiger partial charge >= 0.3 is 0 Å². The molecule has 1 amide bonds. The molecule has 0 aliphatic rings. The summed E-state index contributed by atoms with van der Waals surface area (Å²) < 4.78 is 10.7. The first-order valence-corrected chi connectivity index (χ1v) is 7.84. The topological polar surface area (TPSA) is 122 Å². The van der Waals surface area contributed by atoms with Crippen molar-refractivity contribution in [3.8, 4) is 17.4 Å². The van der Waals surface area contributed by atoms with Gasteiger partial charge in [-0.3, -0.25) is 14.9 Å². The Bertz CT molecular complexity index is 1040. The Kier molecular flexibility index (Phi) is 5.14. The SMILES string of the molecule is N#CC(=Cc1ccc(-c2cccc([N+](=O)[O-])c2)o1)C(=O)NCc1ccco1. The third-order valence-corrected chi connectivity index (χ3v) is 3.62. The van der Waals surface area contributed by atoms with E-state index in [1.54, 1.807) is 36.4 Å². The van der Waals surface area contributed by atoms with Gasteiger partial charge in [0.2, 0.25) is 0 Å². The van der Waals surface area contributed by atoms with Gasteiger partial charge in [0, 0.05) is 23.8 Å². The molecule has 1 N–H and O–H groups in total. The number of benzene rings is 1. The average molecular weight is 363 g/mol. The Morgan fingerprint density at radius 1 is 1.26 bits per heavy atom. The summed E-state index contributed by atoms with van der Waals surface area (Å²) in [7, 11) is 0. The molecule has 27 heavy (non-hydrogen) atoms. The second-order valence-electron chi connectivity index (χ2n) is 5.44. The minimum absolute atomic E-state index is 0.0593. The number of nitrogens with zero attached hydrogens (tertiary/aromatic N) is 2. The molecule has 0 saturated carbocycles. The van der Waals surface area contributed by atoms with Crippen molar-refractivity contribution in [3.05, 3.63) is 82.0 Å². The lowest BCUT2D eigenvalue weighted by atomic mass is 10.1.